The van der Waals surface area contributed by atoms with Crippen LogP contribution in [0.5, 0.6) is 0 Å². The summed E-state index contributed by atoms with van der Waals surface area (Å²) in [5.41, 5.74) is 4.25. The average Bonchev–Trinajstić information content (AvgIpc) is 2.64. The first kappa shape index (κ1) is 17.3. The van der Waals surface area contributed by atoms with E-state index in [4.69, 9.17) is 4.99 Å². The van der Waals surface area contributed by atoms with Crippen molar-refractivity contribution in [2.45, 2.75) is 45.2 Å². The van der Waals surface area contributed by atoms with Gasteiger partial charge in [0.15, 0.2) is 0 Å². The molecule has 0 N–H and O–H groups in total. The summed E-state index contributed by atoms with van der Waals surface area (Å²) in [4.78, 5) is 7.42. The van der Waals surface area contributed by atoms with Crippen LogP contribution in [0.1, 0.15) is 37.3 Å². The van der Waals surface area contributed by atoms with Crippen LogP contribution < -0.4 is 0 Å². The third-order valence-electron chi connectivity index (χ3n) is 5.58. The van der Waals surface area contributed by atoms with Crippen LogP contribution in [0.15, 0.2) is 47.5 Å². The fourth-order valence-corrected chi connectivity index (χ4v) is 4.25. The van der Waals surface area contributed by atoms with E-state index >= 15 is 0 Å². The van der Waals surface area contributed by atoms with Crippen molar-refractivity contribution in [1.29, 1.82) is 0 Å². The van der Waals surface area contributed by atoms with Gasteiger partial charge in [-0.05, 0) is 67.3 Å². The SMILES string of the molecule is CC1Cc2cc(F)ccc2N=C1C1CCCCN1Cc1ccc(F)cc1. The smallest absolute Gasteiger partial charge is 0.123 e. The van der Waals surface area contributed by atoms with Crippen molar-refractivity contribution in [2.24, 2.45) is 10.9 Å². The minimum atomic E-state index is -0.196. The molecule has 2 atom stereocenters. The summed E-state index contributed by atoms with van der Waals surface area (Å²) in [6.45, 7) is 4.04. The quantitative estimate of drug-likeness (QED) is 0.732. The molecule has 136 valence electrons. The van der Waals surface area contributed by atoms with Gasteiger partial charge in [-0.2, -0.15) is 0 Å². The molecule has 2 heterocycles. The second-order valence-corrected chi connectivity index (χ2v) is 7.52. The molecule has 4 rings (SSSR count). The van der Waals surface area contributed by atoms with Gasteiger partial charge in [-0.15, -0.1) is 0 Å². The Morgan fingerprint density at radius 1 is 1.04 bits per heavy atom. The van der Waals surface area contributed by atoms with Crippen LogP contribution in [-0.4, -0.2) is 23.2 Å². The first-order chi connectivity index (χ1) is 12.6. The molecular formula is C22H24F2N2. The Labute approximate surface area is 153 Å². The second kappa shape index (κ2) is 7.28. The highest BCUT2D eigenvalue weighted by atomic mass is 19.1. The van der Waals surface area contributed by atoms with Gasteiger partial charge in [0, 0.05) is 24.2 Å². The molecule has 26 heavy (non-hydrogen) atoms. The zero-order chi connectivity index (χ0) is 18.1. The van der Waals surface area contributed by atoms with E-state index in [0.29, 0.717) is 12.0 Å². The molecule has 2 aliphatic rings. The summed E-state index contributed by atoms with van der Waals surface area (Å²) in [5.74, 6) is -0.0774. The van der Waals surface area contributed by atoms with Gasteiger partial charge >= 0.3 is 0 Å². The van der Waals surface area contributed by atoms with Crippen molar-refractivity contribution in [3.05, 3.63) is 65.2 Å². The molecule has 4 heteroatoms. The van der Waals surface area contributed by atoms with Gasteiger partial charge in [0.1, 0.15) is 11.6 Å². The fourth-order valence-electron chi connectivity index (χ4n) is 4.25. The minimum absolute atomic E-state index is 0.190. The highest BCUT2D eigenvalue weighted by Crippen LogP contribution is 2.33. The first-order valence-electron chi connectivity index (χ1n) is 9.45. The fraction of sp³-hybridized carbons (Fsp3) is 0.409. The summed E-state index contributed by atoms with van der Waals surface area (Å²) in [6.07, 6.45) is 4.32. The lowest BCUT2D eigenvalue weighted by Crippen LogP contribution is -2.46. The maximum absolute atomic E-state index is 13.5. The summed E-state index contributed by atoms with van der Waals surface area (Å²) >= 11 is 0. The maximum atomic E-state index is 13.5. The summed E-state index contributed by atoms with van der Waals surface area (Å²) in [6, 6.07) is 12.0. The van der Waals surface area contributed by atoms with E-state index in [2.05, 4.69) is 11.8 Å². The largest absolute Gasteiger partial charge is 0.291 e. The molecule has 2 unspecified atom stereocenters. The molecular weight excluding hydrogens is 330 g/mol. The number of benzene rings is 2. The Morgan fingerprint density at radius 2 is 1.81 bits per heavy atom. The number of hydrogen-bond acceptors (Lipinski definition) is 2. The van der Waals surface area contributed by atoms with Crippen molar-refractivity contribution < 1.29 is 8.78 Å². The van der Waals surface area contributed by atoms with Crippen LogP contribution in [0.4, 0.5) is 14.5 Å². The molecule has 2 aliphatic heterocycles. The van der Waals surface area contributed by atoms with Crippen LogP contribution in [0.2, 0.25) is 0 Å². The van der Waals surface area contributed by atoms with Crippen LogP contribution in [0.25, 0.3) is 0 Å². The van der Waals surface area contributed by atoms with Crippen molar-refractivity contribution in [1.82, 2.24) is 4.90 Å². The average molecular weight is 354 g/mol. The van der Waals surface area contributed by atoms with E-state index in [0.717, 1.165) is 42.7 Å². The van der Waals surface area contributed by atoms with Gasteiger partial charge in [0.05, 0.1) is 5.69 Å². The van der Waals surface area contributed by atoms with E-state index in [1.807, 2.05) is 12.1 Å². The Morgan fingerprint density at radius 3 is 2.62 bits per heavy atom. The zero-order valence-electron chi connectivity index (χ0n) is 15.1. The molecule has 0 spiro atoms. The van der Waals surface area contributed by atoms with Crippen LogP contribution in [-0.2, 0) is 13.0 Å². The number of nitrogens with zero attached hydrogens (tertiary/aromatic N) is 2. The molecule has 2 nitrogen and oxygen atoms in total. The van der Waals surface area contributed by atoms with E-state index in [1.54, 1.807) is 12.1 Å². The number of halogens is 2. The number of rotatable bonds is 3. The zero-order valence-corrected chi connectivity index (χ0v) is 15.1. The van der Waals surface area contributed by atoms with E-state index in [-0.39, 0.29) is 11.6 Å². The van der Waals surface area contributed by atoms with Crippen molar-refractivity contribution in [3.63, 3.8) is 0 Å². The molecule has 0 aliphatic carbocycles. The predicted molar refractivity (Wildman–Crippen MR) is 101 cm³/mol. The Hall–Kier alpha value is -2.07. The van der Waals surface area contributed by atoms with Gasteiger partial charge < -0.3 is 0 Å². The van der Waals surface area contributed by atoms with Gasteiger partial charge in [-0.3, -0.25) is 9.89 Å². The lowest BCUT2D eigenvalue weighted by Gasteiger charge is -2.39. The maximum Gasteiger partial charge on any atom is 0.123 e. The summed E-state index contributed by atoms with van der Waals surface area (Å²) < 4.78 is 26.7. The third-order valence-corrected chi connectivity index (χ3v) is 5.58. The molecule has 0 aromatic heterocycles. The Kier molecular flexibility index (Phi) is 4.86. The Bertz CT molecular complexity index is 813. The van der Waals surface area contributed by atoms with E-state index in [1.165, 1.54) is 36.8 Å². The normalized spacial score (nSPS) is 23.4. The van der Waals surface area contributed by atoms with Crippen LogP contribution >= 0.6 is 0 Å². The van der Waals surface area contributed by atoms with Gasteiger partial charge in [0.2, 0.25) is 0 Å². The number of hydrogen-bond donors (Lipinski definition) is 0. The molecule has 1 fully saturated rings. The summed E-state index contributed by atoms with van der Waals surface area (Å²) in [7, 11) is 0. The van der Waals surface area contributed by atoms with Gasteiger partial charge in [0.25, 0.3) is 0 Å². The number of aliphatic imine (C=N–C) groups is 1. The topological polar surface area (TPSA) is 15.6 Å². The summed E-state index contributed by atoms with van der Waals surface area (Å²) in [5, 5.41) is 0. The third kappa shape index (κ3) is 3.56. The number of fused-ring (bicyclic) bond motifs is 1. The molecule has 0 saturated carbocycles. The molecule has 1 saturated heterocycles. The second-order valence-electron chi connectivity index (χ2n) is 7.52. The highest BCUT2D eigenvalue weighted by Gasteiger charge is 2.32. The van der Waals surface area contributed by atoms with Crippen LogP contribution in [0.3, 0.4) is 0 Å². The van der Waals surface area contributed by atoms with Gasteiger partial charge in [-0.25, -0.2) is 8.78 Å². The van der Waals surface area contributed by atoms with E-state index < -0.39 is 0 Å². The van der Waals surface area contributed by atoms with Gasteiger partial charge in [-0.1, -0.05) is 25.5 Å². The van der Waals surface area contributed by atoms with Crippen LogP contribution in [0, 0.1) is 17.6 Å². The first-order valence-corrected chi connectivity index (χ1v) is 9.45. The predicted octanol–water partition coefficient (Wildman–Crippen LogP) is 5.28. The highest BCUT2D eigenvalue weighted by molar-refractivity contribution is 5.95. The number of piperidine rings is 1. The van der Waals surface area contributed by atoms with Crippen molar-refractivity contribution >= 4 is 11.4 Å². The lowest BCUT2D eigenvalue weighted by atomic mass is 9.84. The lowest BCUT2D eigenvalue weighted by molar-refractivity contribution is 0.180. The molecule has 0 bridgehead atoms. The standard InChI is InChI=1S/C22H24F2N2/c1-15-12-17-13-19(24)9-10-20(17)25-22(15)21-4-2-3-11-26(21)14-16-5-7-18(23)8-6-16/h5-10,13,15,21H,2-4,11-12,14H2,1H3. The monoisotopic (exact) mass is 354 g/mol. The molecule has 0 amide bonds. The molecule has 2 aromatic rings. The minimum Gasteiger partial charge on any atom is -0.291 e. The molecule has 0 radical (unpaired) electrons. The number of likely N-dealkylation sites (tertiary alicyclic amines) is 1. The van der Waals surface area contributed by atoms with Crippen molar-refractivity contribution in [3.8, 4) is 0 Å². The Balaban J connectivity index is 1.61. The van der Waals surface area contributed by atoms with E-state index in [9.17, 15) is 8.78 Å². The van der Waals surface area contributed by atoms with Crippen molar-refractivity contribution in [2.75, 3.05) is 6.54 Å². The molecule has 2 aromatic carbocycles.